The highest BCUT2D eigenvalue weighted by atomic mass is 32.1. The summed E-state index contributed by atoms with van der Waals surface area (Å²) < 4.78 is 5.33. The van der Waals surface area contributed by atoms with E-state index in [1.54, 1.807) is 11.3 Å². The van der Waals surface area contributed by atoms with Crippen molar-refractivity contribution in [3.63, 3.8) is 0 Å². The first-order valence-electron chi connectivity index (χ1n) is 11.6. The van der Waals surface area contributed by atoms with Crippen molar-refractivity contribution < 1.29 is 14.3 Å². The van der Waals surface area contributed by atoms with E-state index in [2.05, 4.69) is 22.0 Å². The third-order valence-electron chi connectivity index (χ3n) is 6.76. The fraction of sp³-hybridized carbons (Fsp3) is 0.739. The van der Waals surface area contributed by atoms with E-state index in [1.165, 1.54) is 37.2 Å². The Bertz CT molecular complexity index is 772. The van der Waals surface area contributed by atoms with Gasteiger partial charge in [0.15, 0.2) is 0 Å². The number of anilines is 1. The van der Waals surface area contributed by atoms with E-state index in [9.17, 15) is 9.59 Å². The molecule has 0 spiro atoms. The fourth-order valence-corrected chi connectivity index (χ4v) is 6.60. The predicted octanol–water partition coefficient (Wildman–Crippen LogP) is 3.55. The molecule has 6 nitrogen and oxygen atoms in total. The van der Waals surface area contributed by atoms with E-state index in [4.69, 9.17) is 4.74 Å². The average molecular weight is 434 g/mol. The maximum absolute atomic E-state index is 12.9. The molecule has 1 aromatic rings. The topological polar surface area (TPSA) is 61.9 Å². The molecule has 30 heavy (non-hydrogen) atoms. The molecule has 7 heteroatoms. The van der Waals surface area contributed by atoms with Gasteiger partial charge in [-0.1, -0.05) is 6.92 Å². The highest BCUT2D eigenvalue weighted by Gasteiger charge is 2.31. The summed E-state index contributed by atoms with van der Waals surface area (Å²) >= 11 is 1.57. The van der Waals surface area contributed by atoms with E-state index in [0.717, 1.165) is 44.3 Å². The van der Waals surface area contributed by atoms with Gasteiger partial charge in [-0.3, -0.25) is 9.69 Å². The van der Waals surface area contributed by atoms with Crippen LogP contribution in [0.15, 0.2) is 0 Å². The number of esters is 1. The lowest BCUT2D eigenvalue weighted by molar-refractivity contribution is -0.117. The Balaban J connectivity index is 1.44. The smallest absolute Gasteiger partial charge is 0.341 e. The Morgan fingerprint density at radius 2 is 1.97 bits per heavy atom. The van der Waals surface area contributed by atoms with E-state index < -0.39 is 0 Å². The second-order valence-corrected chi connectivity index (χ2v) is 10.2. The molecule has 0 saturated carbocycles. The second kappa shape index (κ2) is 9.79. The maximum atomic E-state index is 12.9. The van der Waals surface area contributed by atoms with Crippen molar-refractivity contribution in [1.29, 1.82) is 0 Å². The number of thiophene rings is 1. The zero-order valence-electron chi connectivity index (χ0n) is 18.4. The number of hydrogen-bond donors (Lipinski definition) is 1. The van der Waals surface area contributed by atoms with Crippen LogP contribution in [-0.2, 0) is 22.4 Å². The van der Waals surface area contributed by atoms with Crippen molar-refractivity contribution >= 4 is 28.2 Å². The molecule has 0 bridgehead atoms. The van der Waals surface area contributed by atoms with Crippen LogP contribution in [0.4, 0.5) is 5.00 Å². The van der Waals surface area contributed by atoms with E-state index in [1.807, 2.05) is 6.92 Å². The molecule has 2 saturated heterocycles. The van der Waals surface area contributed by atoms with Gasteiger partial charge >= 0.3 is 5.97 Å². The molecule has 2 aliphatic heterocycles. The Morgan fingerprint density at radius 1 is 1.17 bits per heavy atom. The van der Waals surface area contributed by atoms with Gasteiger partial charge in [-0.25, -0.2) is 4.79 Å². The first kappa shape index (κ1) is 21.8. The highest BCUT2D eigenvalue weighted by molar-refractivity contribution is 7.17. The first-order chi connectivity index (χ1) is 14.5. The standard InChI is InChI=1S/C23H35N3O3S/c1-3-29-23(28)21-18-9-8-16(2)13-19(18)30-22(21)24-20(27)15-26-12-6-7-17(26)14-25-10-4-5-11-25/h16-17H,3-15H2,1-2H3,(H,24,27). The Hall–Kier alpha value is -1.44. The van der Waals surface area contributed by atoms with Crippen LogP contribution in [0.5, 0.6) is 0 Å². The van der Waals surface area contributed by atoms with Gasteiger partial charge in [0.05, 0.1) is 18.7 Å². The molecular weight excluding hydrogens is 398 g/mol. The van der Waals surface area contributed by atoms with Crippen LogP contribution < -0.4 is 5.32 Å². The Labute approximate surface area is 183 Å². The van der Waals surface area contributed by atoms with Crippen LogP contribution in [0.1, 0.15) is 66.8 Å². The summed E-state index contributed by atoms with van der Waals surface area (Å²) in [6.07, 6.45) is 7.87. The molecule has 2 fully saturated rings. The molecule has 2 atom stereocenters. The van der Waals surface area contributed by atoms with Gasteiger partial charge in [-0.2, -0.15) is 0 Å². The fourth-order valence-electron chi connectivity index (χ4n) is 5.18. The number of amides is 1. The molecule has 4 rings (SSSR count). The molecule has 3 heterocycles. The van der Waals surface area contributed by atoms with Crippen LogP contribution in [0.25, 0.3) is 0 Å². The minimum absolute atomic E-state index is 0.0134. The maximum Gasteiger partial charge on any atom is 0.341 e. The first-order valence-corrected chi connectivity index (χ1v) is 12.4. The van der Waals surface area contributed by atoms with Crippen LogP contribution in [0.3, 0.4) is 0 Å². The normalized spacial score (nSPS) is 24.7. The monoisotopic (exact) mass is 433 g/mol. The molecule has 3 aliphatic rings. The molecule has 0 aromatic carbocycles. The summed E-state index contributed by atoms with van der Waals surface area (Å²) in [7, 11) is 0. The van der Waals surface area contributed by atoms with Crippen LogP contribution in [0.2, 0.25) is 0 Å². The van der Waals surface area contributed by atoms with Crippen LogP contribution in [0, 0.1) is 5.92 Å². The average Bonchev–Trinajstić information content (AvgIpc) is 3.43. The number of carbonyl (C=O) groups is 2. The molecule has 166 valence electrons. The Kier molecular flexibility index (Phi) is 7.11. The largest absolute Gasteiger partial charge is 0.462 e. The Morgan fingerprint density at radius 3 is 2.73 bits per heavy atom. The quantitative estimate of drug-likeness (QED) is 0.667. The molecular formula is C23H35N3O3S. The molecule has 1 aliphatic carbocycles. The van der Waals surface area contributed by atoms with E-state index in [-0.39, 0.29) is 11.9 Å². The number of nitrogens with one attached hydrogen (secondary N) is 1. The molecule has 0 radical (unpaired) electrons. The number of carbonyl (C=O) groups excluding carboxylic acids is 2. The second-order valence-electron chi connectivity index (χ2n) is 9.10. The summed E-state index contributed by atoms with van der Waals surface area (Å²) in [4.78, 5) is 31.7. The van der Waals surface area contributed by atoms with Gasteiger partial charge in [-0.15, -0.1) is 11.3 Å². The van der Waals surface area contributed by atoms with Crippen molar-refractivity contribution in [2.45, 2.75) is 64.8 Å². The van der Waals surface area contributed by atoms with Crippen LogP contribution >= 0.6 is 11.3 Å². The van der Waals surface area contributed by atoms with E-state index in [0.29, 0.717) is 35.7 Å². The van der Waals surface area contributed by atoms with Gasteiger partial charge in [-0.05, 0) is 83.0 Å². The number of rotatable bonds is 7. The van der Waals surface area contributed by atoms with Crippen molar-refractivity contribution in [1.82, 2.24) is 9.80 Å². The van der Waals surface area contributed by atoms with Crippen molar-refractivity contribution in [3.05, 3.63) is 16.0 Å². The van der Waals surface area contributed by atoms with Crippen molar-refractivity contribution in [2.24, 2.45) is 5.92 Å². The van der Waals surface area contributed by atoms with Gasteiger partial charge in [0.1, 0.15) is 5.00 Å². The third-order valence-corrected chi connectivity index (χ3v) is 7.93. The lowest BCUT2D eigenvalue weighted by Gasteiger charge is -2.27. The predicted molar refractivity (Wildman–Crippen MR) is 120 cm³/mol. The van der Waals surface area contributed by atoms with Gasteiger partial charge < -0.3 is 15.0 Å². The zero-order valence-corrected chi connectivity index (χ0v) is 19.2. The number of nitrogens with zero attached hydrogens (tertiary/aromatic N) is 2. The van der Waals surface area contributed by atoms with E-state index >= 15 is 0 Å². The van der Waals surface area contributed by atoms with Gasteiger partial charge in [0.2, 0.25) is 5.91 Å². The van der Waals surface area contributed by atoms with Gasteiger partial charge in [0.25, 0.3) is 0 Å². The lowest BCUT2D eigenvalue weighted by Crippen LogP contribution is -2.42. The summed E-state index contributed by atoms with van der Waals surface area (Å²) in [6.45, 7) is 9.27. The molecule has 1 aromatic heterocycles. The number of fused-ring (bicyclic) bond motifs is 1. The van der Waals surface area contributed by atoms with Gasteiger partial charge in [0, 0.05) is 17.5 Å². The number of hydrogen-bond acceptors (Lipinski definition) is 6. The SMILES string of the molecule is CCOC(=O)c1c(NC(=O)CN2CCCC2CN2CCCC2)sc2c1CCC(C)C2. The summed E-state index contributed by atoms with van der Waals surface area (Å²) in [6, 6.07) is 0.468. The van der Waals surface area contributed by atoms with Crippen molar-refractivity contribution in [3.8, 4) is 0 Å². The summed E-state index contributed by atoms with van der Waals surface area (Å²) in [5.41, 5.74) is 1.70. The molecule has 1 amide bonds. The minimum Gasteiger partial charge on any atom is -0.462 e. The third kappa shape index (κ3) is 4.89. The minimum atomic E-state index is -0.298. The number of ether oxygens (including phenoxy) is 1. The van der Waals surface area contributed by atoms with Crippen LogP contribution in [-0.4, -0.2) is 67.0 Å². The summed E-state index contributed by atoms with van der Waals surface area (Å²) in [5.74, 6) is 0.305. The van der Waals surface area contributed by atoms with Crippen molar-refractivity contribution in [2.75, 3.05) is 44.6 Å². The lowest BCUT2D eigenvalue weighted by atomic mass is 9.88. The highest BCUT2D eigenvalue weighted by Crippen LogP contribution is 2.40. The zero-order chi connectivity index (χ0) is 21.1. The molecule has 2 unspecified atom stereocenters. The summed E-state index contributed by atoms with van der Waals surface area (Å²) in [5, 5.41) is 3.77. The number of likely N-dealkylation sites (tertiary alicyclic amines) is 2. The molecule has 1 N–H and O–H groups in total.